The standard InChI is InChI=1S/C20H29N5O2/c1-4-25-14(3)19(13(2)24-25)17-11-18(23-22-17)20(27)21-16(12-26)10-15-8-6-5-7-9-15/h5-9,16-18,22-23,26H,4,10-12H2,1-3H3,(H,21,27)/t16-,17?,18?/m1/s1. The molecule has 2 aromatic rings. The van der Waals surface area contributed by atoms with E-state index in [9.17, 15) is 9.90 Å². The van der Waals surface area contributed by atoms with E-state index in [1.165, 1.54) is 0 Å². The monoisotopic (exact) mass is 371 g/mol. The number of carbonyl (C=O) groups is 1. The summed E-state index contributed by atoms with van der Waals surface area (Å²) >= 11 is 0. The van der Waals surface area contributed by atoms with Crippen LogP contribution in [0, 0.1) is 13.8 Å². The average molecular weight is 371 g/mol. The Labute approximate surface area is 160 Å². The van der Waals surface area contributed by atoms with Crippen molar-refractivity contribution in [2.75, 3.05) is 6.61 Å². The van der Waals surface area contributed by atoms with E-state index in [1.54, 1.807) is 0 Å². The summed E-state index contributed by atoms with van der Waals surface area (Å²) < 4.78 is 1.99. The number of carbonyl (C=O) groups excluding carboxylic acids is 1. The van der Waals surface area contributed by atoms with Crippen molar-refractivity contribution in [3.8, 4) is 0 Å². The van der Waals surface area contributed by atoms with Gasteiger partial charge in [-0.25, -0.2) is 10.9 Å². The van der Waals surface area contributed by atoms with Crippen LogP contribution in [0.15, 0.2) is 30.3 Å². The van der Waals surface area contributed by atoms with E-state index in [1.807, 2.05) is 41.9 Å². The predicted molar refractivity (Wildman–Crippen MR) is 104 cm³/mol. The number of aromatic nitrogens is 2. The van der Waals surface area contributed by atoms with Crippen molar-refractivity contribution in [2.45, 2.75) is 58.3 Å². The highest BCUT2D eigenvalue weighted by Crippen LogP contribution is 2.28. The molecule has 4 N–H and O–H groups in total. The molecule has 7 nitrogen and oxygen atoms in total. The summed E-state index contributed by atoms with van der Waals surface area (Å²) in [6.45, 7) is 6.88. The number of amides is 1. The van der Waals surface area contributed by atoms with Gasteiger partial charge in [0.05, 0.1) is 24.4 Å². The molecule has 1 saturated heterocycles. The van der Waals surface area contributed by atoms with Gasteiger partial charge in [-0.3, -0.25) is 9.48 Å². The van der Waals surface area contributed by atoms with Gasteiger partial charge in [0.25, 0.3) is 0 Å². The molecular weight excluding hydrogens is 342 g/mol. The van der Waals surface area contributed by atoms with Crippen LogP contribution in [0.5, 0.6) is 0 Å². The van der Waals surface area contributed by atoms with Gasteiger partial charge in [-0.2, -0.15) is 5.10 Å². The number of hydrazine groups is 1. The second-order valence-electron chi connectivity index (χ2n) is 7.11. The zero-order valence-electron chi connectivity index (χ0n) is 16.2. The van der Waals surface area contributed by atoms with E-state index >= 15 is 0 Å². The van der Waals surface area contributed by atoms with E-state index in [-0.39, 0.29) is 30.6 Å². The topological polar surface area (TPSA) is 91.2 Å². The fourth-order valence-electron chi connectivity index (χ4n) is 3.80. The maximum Gasteiger partial charge on any atom is 0.238 e. The first-order chi connectivity index (χ1) is 13.0. The van der Waals surface area contributed by atoms with Gasteiger partial charge in [0.2, 0.25) is 5.91 Å². The number of benzene rings is 1. The third-order valence-electron chi connectivity index (χ3n) is 5.20. The molecule has 0 saturated carbocycles. The molecule has 1 aromatic heterocycles. The molecule has 2 unspecified atom stereocenters. The number of hydrogen-bond acceptors (Lipinski definition) is 5. The minimum atomic E-state index is -0.344. The average Bonchev–Trinajstić information content (AvgIpc) is 3.26. The zero-order valence-corrected chi connectivity index (χ0v) is 16.2. The van der Waals surface area contributed by atoms with E-state index in [4.69, 9.17) is 0 Å². The lowest BCUT2D eigenvalue weighted by Gasteiger charge is -2.19. The first-order valence-electron chi connectivity index (χ1n) is 9.53. The fourth-order valence-corrected chi connectivity index (χ4v) is 3.80. The molecule has 1 aromatic carbocycles. The second kappa shape index (κ2) is 8.65. The molecule has 0 aliphatic carbocycles. The van der Waals surface area contributed by atoms with Gasteiger partial charge in [0.15, 0.2) is 0 Å². The van der Waals surface area contributed by atoms with Crippen LogP contribution >= 0.6 is 0 Å². The molecule has 0 spiro atoms. The molecule has 3 rings (SSSR count). The quantitative estimate of drug-likeness (QED) is 0.586. The lowest BCUT2D eigenvalue weighted by Crippen LogP contribution is -2.48. The number of nitrogens with zero attached hydrogens (tertiary/aromatic N) is 2. The smallest absolute Gasteiger partial charge is 0.238 e. The van der Waals surface area contributed by atoms with Crippen molar-refractivity contribution in [1.82, 2.24) is 25.9 Å². The largest absolute Gasteiger partial charge is 0.394 e. The number of rotatable bonds is 7. The Hall–Kier alpha value is -2.22. The van der Waals surface area contributed by atoms with E-state index < -0.39 is 0 Å². The number of hydrogen-bond donors (Lipinski definition) is 4. The Balaban J connectivity index is 1.61. The summed E-state index contributed by atoms with van der Waals surface area (Å²) in [5, 5.41) is 17.2. The highest BCUT2D eigenvalue weighted by atomic mass is 16.3. The van der Waals surface area contributed by atoms with Crippen LogP contribution < -0.4 is 16.2 Å². The van der Waals surface area contributed by atoms with Gasteiger partial charge < -0.3 is 10.4 Å². The molecule has 1 aliphatic rings. The lowest BCUT2D eigenvalue weighted by atomic mass is 9.99. The highest BCUT2D eigenvalue weighted by molar-refractivity contribution is 5.82. The number of aryl methyl sites for hydroxylation is 2. The Morgan fingerprint density at radius 1 is 1.33 bits per heavy atom. The summed E-state index contributed by atoms with van der Waals surface area (Å²) in [5.41, 5.74) is 10.7. The summed E-state index contributed by atoms with van der Waals surface area (Å²) in [6.07, 6.45) is 1.25. The predicted octanol–water partition coefficient (Wildman–Crippen LogP) is 1.15. The number of aliphatic hydroxyl groups excluding tert-OH is 1. The normalized spacial score (nSPS) is 20.6. The van der Waals surface area contributed by atoms with Crippen LogP contribution in [-0.4, -0.2) is 39.5 Å². The molecule has 3 atom stereocenters. The van der Waals surface area contributed by atoms with Gasteiger partial charge in [-0.05, 0) is 39.2 Å². The van der Waals surface area contributed by atoms with Gasteiger partial charge in [0, 0.05) is 17.8 Å². The maximum absolute atomic E-state index is 12.7. The van der Waals surface area contributed by atoms with Gasteiger partial charge in [-0.15, -0.1) is 0 Å². The third kappa shape index (κ3) is 4.37. The molecule has 1 aliphatic heterocycles. The van der Waals surface area contributed by atoms with Crippen LogP contribution in [0.4, 0.5) is 0 Å². The van der Waals surface area contributed by atoms with Crippen LogP contribution in [0.1, 0.15) is 41.9 Å². The van der Waals surface area contributed by atoms with Crippen molar-refractivity contribution < 1.29 is 9.90 Å². The number of nitrogens with one attached hydrogen (secondary N) is 3. The molecule has 1 amide bonds. The molecule has 2 heterocycles. The Morgan fingerprint density at radius 2 is 2.07 bits per heavy atom. The van der Waals surface area contributed by atoms with Crippen LogP contribution in [0.25, 0.3) is 0 Å². The van der Waals surface area contributed by atoms with Crippen molar-refractivity contribution in [2.24, 2.45) is 0 Å². The fraction of sp³-hybridized carbons (Fsp3) is 0.500. The van der Waals surface area contributed by atoms with E-state index in [0.29, 0.717) is 12.8 Å². The lowest BCUT2D eigenvalue weighted by molar-refractivity contribution is -0.123. The van der Waals surface area contributed by atoms with Gasteiger partial charge in [0.1, 0.15) is 6.04 Å². The molecule has 27 heavy (non-hydrogen) atoms. The molecule has 0 radical (unpaired) electrons. The minimum Gasteiger partial charge on any atom is -0.394 e. The Kier molecular flexibility index (Phi) is 6.26. The summed E-state index contributed by atoms with van der Waals surface area (Å²) in [7, 11) is 0. The van der Waals surface area contributed by atoms with Crippen molar-refractivity contribution in [1.29, 1.82) is 0 Å². The summed E-state index contributed by atoms with van der Waals surface area (Å²) in [5.74, 6) is -0.0989. The SMILES string of the molecule is CCn1nc(C)c(C2CC(C(=O)N[C@@H](CO)Cc3ccccc3)NN2)c1C. The van der Waals surface area contributed by atoms with Crippen LogP contribution in [0.2, 0.25) is 0 Å². The van der Waals surface area contributed by atoms with E-state index in [2.05, 4.69) is 35.1 Å². The van der Waals surface area contributed by atoms with Crippen molar-refractivity contribution in [3.05, 3.63) is 52.8 Å². The second-order valence-corrected chi connectivity index (χ2v) is 7.11. The molecule has 146 valence electrons. The van der Waals surface area contributed by atoms with Crippen molar-refractivity contribution >= 4 is 5.91 Å². The van der Waals surface area contributed by atoms with Gasteiger partial charge in [-0.1, -0.05) is 30.3 Å². The number of aliphatic hydroxyl groups is 1. The molecule has 7 heteroatoms. The third-order valence-corrected chi connectivity index (χ3v) is 5.20. The Bertz CT molecular complexity index is 774. The maximum atomic E-state index is 12.7. The van der Waals surface area contributed by atoms with Crippen molar-refractivity contribution in [3.63, 3.8) is 0 Å². The minimum absolute atomic E-state index is 0.0442. The first-order valence-corrected chi connectivity index (χ1v) is 9.53. The summed E-state index contributed by atoms with van der Waals surface area (Å²) in [4.78, 5) is 12.7. The molecular formula is C20H29N5O2. The van der Waals surface area contributed by atoms with E-state index in [0.717, 1.165) is 29.1 Å². The van der Waals surface area contributed by atoms with Gasteiger partial charge >= 0.3 is 0 Å². The van der Waals surface area contributed by atoms with Crippen LogP contribution in [-0.2, 0) is 17.8 Å². The summed E-state index contributed by atoms with van der Waals surface area (Å²) in [6, 6.07) is 9.27. The Morgan fingerprint density at radius 3 is 2.70 bits per heavy atom. The molecule has 0 bridgehead atoms. The highest BCUT2D eigenvalue weighted by Gasteiger charge is 2.33. The first kappa shape index (κ1) is 19.5. The molecule has 1 fully saturated rings. The zero-order chi connectivity index (χ0) is 19.4. The van der Waals surface area contributed by atoms with Crippen LogP contribution in [0.3, 0.4) is 0 Å².